The van der Waals surface area contributed by atoms with E-state index in [0.29, 0.717) is 23.1 Å². The van der Waals surface area contributed by atoms with Crippen molar-refractivity contribution in [3.05, 3.63) is 45.5 Å². The Morgan fingerprint density at radius 3 is 2.45 bits per heavy atom. The van der Waals surface area contributed by atoms with Crippen LogP contribution >= 0.6 is 0 Å². The van der Waals surface area contributed by atoms with Gasteiger partial charge in [0.15, 0.2) is 11.5 Å². The Balaban J connectivity index is 2.19. The molecule has 156 valence electrons. The van der Waals surface area contributed by atoms with Gasteiger partial charge in [-0.15, -0.1) is 0 Å². The Morgan fingerprint density at radius 2 is 1.83 bits per heavy atom. The molecule has 2 aromatic carbocycles. The summed E-state index contributed by atoms with van der Waals surface area (Å²) in [6.45, 7) is 9.62. The highest BCUT2D eigenvalue weighted by Gasteiger charge is 2.31. The van der Waals surface area contributed by atoms with Gasteiger partial charge in [0.05, 0.1) is 13.2 Å². The highest BCUT2D eigenvalue weighted by atomic mass is 16.5. The summed E-state index contributed by atoms with van der Waals surface area (Å²) in [5, 5.41) is 21.3. The number of aromatic hydroxyl groups is 1. The molecule has 0 saturated heterocycles. The first kappa shape index (κ1) is 21.0. The zero-order valence-electron chi connectivity index (χ0n) is 17.8. The van der Waals surface area contributed by atoms with Crippen molar-refractivity contribution in [1.29, 1.82) is 0 Å². The first-order valence-electron chi connectivity index (χ1n) is 9.72. The van der Waals surface area contributed by atoms with Gasteiger partial charge < -0.3 is 24.4 Å². The van der Waals surface area contributed by atoms with Gasteiger partial charge in [-0.2, -0.15) is 0 Å². The zero-order valence-corrected chi connectivity index (χ0v) is 17.8. The van der Waals surface area contributed by atoms with Crippen LogP contribution in [0.4, 0.5) is 0 Å². The minimum Gasteiger partial charge on any atom is -0.504 e. The topological polar surface area (TPSA) is 85.2 Å². The summed E-state index contributed by atoms with van der Waals surface area (Å²) in [5.74, 6) is 0.401. The number of carbonyl (C=O) groups is 1. The van der Waals surface area contributed by atoms with Crippen molar-refractivity contribution >= 4 is 5.97 Å². The zero-order chi connectivity index (χ0) is 21.5. The second-order valence-electron chi connectivity index (χ2n) is 7.92. The fourth-order valence-electron chi connectivity index (χ4n) is 3.69. The summed E-state index contributed by atoms with van der Waals surface area (Å²) in [5.41, 5.74) is 3.78. The molecule has 3 rings (SSSR count). The van der Waals surface area contributed by atoms with E-state index in [9.17, 15) is 15.0 Å². The van der Waals surface area contributed by atoms with Gasteiger partial charge in [-0.25, -0.2) is 4.79 Å². The number of carbonyl (C=O) groups excluding carboxylic acids is 1. The predicted octanol–water partition coefficient (Wildman–Crippen LogP) is 4.87. The summed E-state index contributed by atoms with van der Waals surface area (Å²) in [4.78, 5) is 12.9. The Hall–Kier alpha value is -2.73. The number of methoxy groups -OCH3 is 1. The number of phenols is 1. The Labute approximate surface area is 171 Å². The van der Waals surface area contributed by atoms with E-state index in [1.807, 2.05) is 34.6 Å². The molecule has 2 aromatic rings. The quantitative estimate of drug-likeness (QED) is 0.713. The number of benzene rings is 2. The Morgan fingerprint density at radius 1 is 1.14 bits per heavy atom. The maximum Gasteiger partial charge on any atom is 0.346 e. The summed E-state index contributed by atoms with van der Waals surface area (Å²) in [7, 11) is 1.44. The van der Waals surface area contributed by atoms with Gasteiger partial charge in [0.1, 0.15) is 23.7 Å². The average molecular weight is 400 g/mol. The Kier molecular flexibility index (Phi) is 5.75. The molecule has 0 amide bonds. The van der Waals surface area contributed by atoms with E-state index in [2.05, 4.69) is 0 Å². The molecule has 0 unspecified atom stereocenters. The van der Waals surface area contributed by atoms with E-state index in [1.54, 1.807) is 12.1 Å². The molecule has 0 fully saturated rings. The van der Waals surface area contributed by atoms with Crippen LogP contribution in [0.2, 0.25) is 0 Å². The van der Waals surface area contributed by atoms with Gasteiger partial charge in [0.25, 0.3) is 0 Å². The van der Waals surface area contributed by atoms with Gasteiger partial charge in [-0.05, 0) is 61.9 Å². The van der Waals surface area contributed by atoms with Crippen molar-refractivity contribution in [2.75, 3.05) is 7.11 Å². The lowest BCUT2D eigenvalue weighted by atomic mass is 9.95. The van der Waals surface area contributed by atoms with Gasteiger partial charge >= 0.3 is 5.97 Å². The second-order valence-corrected chi connectivity index (χ2v) is 7.92. The van der Waals surface area contributed by atoms with Crippen LogP contribution in [0.15, 0.2) is 12.1 Å². The largest absolute Gasteiger partial charge is 0.504 e. The minimum absolute atomic E-state index is 0.0230. The first-order valence-corrected chi connectivity index (χ1v) is 9.72. The van der Waals surface area contributed by atoms with Gasteiger partial charge in [-0.3, -0.25) is 0 Å². The summed E-state index contributed by atoms with van der Waals surface area (Å²) >= 11 is 0. The van der Waals surface area contributed by atoms with Crippen molar-refractivity contribution in [2.45, 2.75) is 53.8 Å². The van der Waals surface area contributed by atoms with Crippen molar-refractivity contribution in [3.63, 3.8) is 0 Å². The molecule has 2 N–H and O–H groups in total. The number of ether oxygens (including phenoxy) is 3. The number of hydrogen-bond donors (Lipinski definition) is 2. The second kappa shape index (κ2) is 7.95. The maximum atomic E-state index is 12.9. The van der Waals surface area contributed by atoms with Crippen molar-refractivity contribution < 1.29 is 29.2 Å². The summed E-state index contributed by atoms with van der Waals surface area (Å²) < 4.78 is 17.1. The molecule has 1 atom stereocenters. The number of aliphatic hydroxyl groups excluding tert-OH is 1. The highest BCUT2D eigenvalue weighted by Crippen LogP contribution is 2.46. The molecule has 0 aliphatic carbocycles. The average Bonchev–Trinajstić information content (AvgIpc) is 2.67. The predicted molar refractivity (Wildman–Crippen MR) is 109 cm³/mol. The number of esters is 1. The van der Waals surface area contributed by atoms with Crippen molar-refractivity contribution in [3.8, 4) is 23.0 Å². The lowest BCUT2D eigenvalue weighted by Gasteiger charge is -2.25. The van der Waals surface area contributed by atoms with Crippen LogP contribution in [0, 0.1) is 26.7 Å². The van der Waals surface area contributed by atoms with E-state index in [1.165, 1.54) is 7.11 Å². The first-order chi connectivity index (χ1) is 13.7. The molecule has 29 heavy (non-hydrogen) atoms. The normalized spacial score (nSPS) is 14.3. The molecular weight excluding hydrogens is 372 g/mol. The molecule has 6 heteroatoms. The van der Waals surface area contributed by atoms with E-state index >= 15 is 0 Å². The third kappa shape index (κ3) is 3.65. The van der Waals surface area contributed by atoms with Crippen LogP contribution in [0.5, 0.6) is 23.0 Å². The molecule has 0 bridgehead atoms. The van der Waals surface area contributed by atoms with Gasteiger partial charge in [0.2, 0.25) is 0 Å². The van der Waals surface area contributed by atoms with E-state index in [-0.39, 0.29) is 41.1 Å². The number of phenolic OH excluding ortho intramolecular Hbond substituents is 1. The Bertz CT molecular complexity index is 961. The number of aliphatic hydroxyl groups is 1. The molecule has 0 radical (unpaired) electrons. The third-order valence-electron chi connectivity index (χ3n) is 5.59. The van der Waals surface area contributed by atoms with E-state index < -0.39 is 12.1 Å². The third-order valence-corrected chi connectivity index (χ3v) is 5.59. The summed E-state index contributed by atoms with van der Waals surface area (Å²) in [6, 6.07) is 3.29. The number of cyclic esters (lactones) is 1. The van der Waals surface area contributed by atoms with Crippen LogP contribution in [0.1, 0.15) is 64.5 Å². The van der Waals surface area contributed by atoms with Gasteiger partial charge in [0, 0.05) is 11.1 Å². The van der Waals surface area contributed by atoms with Crippen molar-refractivity contribution in [1.82, 2.24) is 0 Å². The monoisotopic (exact) mass is 400 g/mol. The highest BCUT2D eigenvalue weighted by molar-refractivity contribution is 5.96. The molecule has 6 nitrogen and oxygen atoms in total. The fraction of sp³-hybridized carbons (Fsp3) is 0.435. The molecular formula is C23H28O6. The minimum atomic E-state index is -0.790. The van der Waals surface area contributed by atoms with Crippen LogP contribution in [0.25, 0.3) is 0 Å². The van der Waals surface area contributed by atoms with Crippen LogP contribution in [-0.2, 0) is 11.3 Å². The smallest absolute Gasteiger partial charge is 0.346 e. The fourth-order valence-corrected chi connectivity index (χ4v) is 3.69. The summed E-state index contributed by atoms with van der Waals surface area (Å²) in [6.07, 6.45) is -0.270. The van der Waals surface area contributed by atoms with Gasteiger partial charge in [-0.1, -0.05) is 13.8 Å². The lowest BCUT2D eigenvalue weighted by Crippen LogP contribution is -2.16. The molecule has 1 heterocycles. The molecule has 0 aromatic heterocycles. The molecule has 0 saturated carbocycles. The lowest BCUT2D eigenvalue weighted by molar-refractivity contribution is 0.0453. The van der Waals surface area contributed by atoms with Crippen LogP contribution in [-0.4, -0.2) is 23.3 Å². The molecule has 1 aliphatic rings. The molecule has 1 aliphatic heterocycles. The van der Waals surface area contributed by atoms with Crippen LogP contribution < -0.4 is 9.47 Å². The van der Waals surface area contributed by atoms with E-state index in [0.717, 1.165) is 11.1 Å². The van der Waals surface area contributed by atoms with E-state index in [4.69, 9.17) is 14.2 Å². The number of hydrogen-bond acceptors (Lipinski definition) is 6. The number of fused-ring (bicyclic) bond motifs is 2. The standard InChI is InChI=1S/C23H28O6/c1-11(2)9-17(24)15-7-8-18-19(21(15)27-6)23(26)28-10-16-13(4)12(3)14(5)20(25)22(16)29-18/h7-8,11,17,24-25H,9-10H2,1-6H3/t17-/m0/s1. The van der Waals surface area contributed by atoms with Crippen LogP contribution in [0.3, 0.4) is 0 Å². The maximum absolute atomic E-state index is 12.9. The molecule has 0 spiro atoms. The SMILES string of the molecule is COc1c([C@@H](O)CC(C)C)ccc2c1C(=O)OCc1c(C)c(C)c(C)c(O)c1O2. The number of rotatable bonds is 4. The van der Waals surface area contributed by atoms with Crippen molar-refractivity contribution in [2.24, 2.45) is 5.92 Å².